The number of hydrogen-bond acceptors (Lipinski definition) is 4. The average Bonchev–Trinajstić information content (AvgIpc) is 2.55. The molecular weight excluding hydrogens is 316 g/mol. The fraction of sp³-hybridized carbons (Fsp3) is 0.632. The number of nitrogens with zero attached hydrogens (tertiary/aromatic N) is 3. The average molecular weight is 348 g/mol. The van der Waals surface area contributed by atoms with E-state index in [9.17, 15) is 9.90 Å². The van der Waals surface area contributed by atoms with Gasteiger partial charge in [-0.3, -0.25) is 4.90 Å². The molecular formula is C19H32N4O2. The topological polar surface area (TPSA) is 59.1 Å². The van der Waals surface area contributed by atoms with Gasteiger partial charge >= 0.3 is 6.03 Å². The lowest BCUT2D eigenvalue weighted by atomic mass is 10.1. The zero-order chi connectivity index (χ0) is 18.4. The molecule has 2 N–H and O–H groups in total. The van der Waals surface area contributed by atoms with E-state index in [0.29, 0.717) is 19.6 Å². The number of carbonyl (C=O) groups excluding carboxylic acids is 1. The number of piperazine rings is 1. The van der Waals surface area contributed by atoms with Crippen LogP contribution in [0.25, 0.3) is 0 Å². The highest BCUT2D eigenvalue weighted by Crippen LogP contribution is 2.10. The van der Waals surface area contributed by atoms with Crippen molar-refractivity contribution in [3.05, 3.63) is 34.9 Å². The molecule has 140 valence electrons. The highest BCUT2D eigenvalue weighted by atomic mass is 16.3. The van der Waals surface area contributed by atoms with Gasteiger partial charge < -0.3 is 20.2 Å². The summed E-state index contributed by atoms with van der Waals surface area (Å²) >= 11 is 0. The standard InChI is InChI=1S/C19H32N4O2/c1-15-5-6-17(16(2)11-15)12-20-19(25)22(4)13-18(24)14-23-9-7-21(3)8-10-23/h5-6,11,18,24H,7-10,12-14H2,1-4H3,(H,20,25). The molecule has 1 saturated heterocycles. The second kappa shape index (κ2) is 9.17. The van der Waals surface area contributed by atoms with E-state index in [1.165, 1.54) is 11.1 Å². The van der Waals surface area contributed by atoms with Crippen molar-refractivity contribution in [3.8, 4) is 0 Å². The minimum Gasteiger partial charge on any atom is -0.390 e. The summed E-state index contributed by atoms with van der Waals surface area (Å²) < 4.78 is 0. The molecule has 0 spiro atoms. The molecule has 1 fully saturated rings. The third kappa shape index (κ3) is 6.30. The molecule has 1 aliphatic heterocycles. The summed E-state index contributed by atoms with van der Waals surface area (Å²) in [5.41, 5.74) is 3.51. The monoisotopic (exact) mass is 348 g/mol. The first-order valence-electron chi connectivity index (χ1n) is 8.99. The van der Waals surface area contributed by atoms with Gasteiger partial charge in [0.1, 0.15) is 0 Å². The van der Waals surface area contributed by atoms with Crippen molar-refractivity contribution in [2.24, 2.45) is 0 Å². The SMILES string of the molecule is Cc1ccc(CNC(=O)N(C)CC(O)CN2CCN(C)CC2)c(C)c1. The van der Waals surface area contributed by atoms with E-state index in [-0.39, 0.29) is 6.03 Å². The number of nitrogens with one attached hydrogen (secondary N) is 1. The van der Waals surface area contributed by atoms with Crippen molar-refractivity contribution in [2.45, 2.75) is 26.5 Å². The Morgan fingerprint density at radius 2 is 1.96 bits per heavy atom. The molecule has 1 heterocycles. The highest BCUT2D eigenvalue weighted by Gasteiger charge is 2.19. The van der Waals surface area contributed by atoms with Gasteiger partial charge in [-0.2, -0.15) is 0 Å². The minimum atomic E-state index is -0.528. The first kappa shape index (κ1) is 19.7. The lowest BCUT2D eigenvalue weighted by Gasteiger charge is -2.34. The van der Waals surface area contributed by atoms with E-state index in [2.05, 4.69) is 48.1 Å². The Balaban J connectivity index is 1.73. The Bertz CT molecular complexity index is 571. The van der Waals surface area contributed by atoms with Crippen LogP contribution in [0.3, 0.4) is 0 Å². The number of benzene rings is 1. The predicted molar refractivity (Wildman–Crippen MR) is 101 cm³/mol. The van der Waals surface area contributed by atoms with Crippen LogP contribution in [0.1, 0.15) is 16.7 Å². The molecule has 1 aromatic carbocycles. The molecule has 1 aromatic rings. The molecule has 6 nitrogen and oxygen atoms in total. The largest absolute Gasteiger partial charge is 0.390 e. The Morgan fingerprint density at radius 3 is 2.60 bits per heavy atom. The lowest BCUT2D eigenvalue weighted by Crippen LogP contribution is -2.49. The Hall–Kier alpha value is -1.63. The number of likely N-dealkylation sites (N-methyl/N-ethyl adjacent to an activating group) is 2. The Labute approximate surface area is 151 Å². The summed E-state index contributed by atoms with van der Waals surface area (Å²) in [7, 11) is 3.84. The van der Waals surface area contributed by atoms with E-state index in [1.807, 2.05) is 6.07 Å². The first-order chi connectivity index (χ1) is 11.8. The van der Waals surface area contributed by atoms with Gasteiger partial charge in [0.25, 0.3) is 0 Å². The van der Waals surface area contributed by atoms with Crippen molar-refractivity contribution in [1.82, 2.24) is 20.0 Å². The normalized spacial score (nSPS) is 17.3. The van der Waals surface area contributed by atoms with Gasteiger partial charge in [0.2, 0.25) is 0 Å². The highest BCUT2D eigenvalue weighted by molar-refractivity contribution is 5.73. The van der Waals surface area contributed by atoms with Crippen LogP contribution in [0.4, 0.5) is 4.79 Å². The summed E-state index contributed by atoms with van der Waals surface area (Å²) in [5, 5.41) is 13.2. The van der Waals surface area contributed by atoms with E-state index in [1.54, 1.807) is 11.9 Å². The summed E-state index contributed by atoms with van der Waals surface area (Å²) in [6.07, 6.45) is -0.528. The van der Waals surface area contributed by atoms with Crippen LogP contribution in [0.2, 0.25) is 0 Å². The number of hydrogen-bond donors (Lipinski definition) is 2. The second-order valence-corrected chi connectivity index (χ2v) is 7.23. The van der Waals surface area contributed by atoms with Gasteiger partial charge in [0, 0.05) is 52.9 Å². The van der Waals surface area contributed by atoms with Crippen LogP contribution in [0, 0.1) is 13.8 Å². The summed E-state index contributed by atoms with van der Waals surface area (Å²) in [6, 6.07) is 6.06. The van der Waals surface area contributed by atoms with Gasteiger partial charge in [0.05, 0.1) is 6.10 Å². The number of carbonyl (C=O) groups is 1. The van der Waals surface area contributed by atoms with Gasteiger partial charge in [0.15, 0.2) is 0 Å². The number of amides is 2. The minimum absolute atomic E-state index is 0.155. The van der Waals surface area contributed by atoms with Crippen molar-refractivity contribution in [3.63, 3.8) is 0 Å². The smallest absolute Gasteiger partial charge is 0.317 e. The maximum absolute atomic E-state index is 12.2. The molecule has 2 amide bonds. The van der Waals surface area contributed by atoms with Crippen LogP contribution in [-0.2, 0) is 6.54 Å². The number of rotatable bonds is 6. The number of aliphatic hydroxyl groups is 1. The van der Waals surface area contributed by atoms with Crippen LogP contribution in [-0.4, -0.2) is 85.3 Å². The van der Waals surface area contributed by atoms with Crippen molar-refractivity contribution >= 4 is 6.03 Å². The maximum Gasteiger partial charge on any atom is 0.317 e. The van der Waals surface area contributed by atoms with Crippen LogP contribution in [0.5, 0.6) is 0 Å². The molecule has 0 aromatic heterocycles. The molecule has 1 unspecified atom stereocenters. The quantitative estimate of drug-likeness (QED) is 0.807. The summed E-state index contributed by atoms with van der Waals surface area (Å²) in [5.74, 6) is 0. The van der Waals surface area contributed by atoms with Gasteiger partial charge in [-0.05, 0) is 32.0 Å². The molecule has 25 heavy (non-hydrogen) atoms. The number of aryl methyl sites for hydroxylation is 2. The molecule has 2 rings (SSSR count). The molecule has 1 aliphatic rings. The predicted octanol–water partition coefficient (Wildman–Crippen LogP) is 1.05. The Kier molecular flexibility index (Phi) is 7.23. The van der Waals surface area contributed by atoms with E-state index in [4.69, 9.17) is 0 Å². The van der Waals surface area contributed by atoms with Crippen molar-refractivity contribution in [1.29, 1.82) is 0 Å². The van der Waals surface area contributed by atoms with E-state index in [0.717, 1.165) is 31.7 Å². The van der Waals surface area contributed by atoms with Crippen molar-refractivity contribution in [2.75, 3.05) is 53.4 Å². The zero-order valence-electron chi connectivity index (χ0n) is 16.0. The third-order valence-electron chi connectivity index (χ3n) is 4.82. The van der Waals surface area contributed by atoms with Crippen LogP contribution >= 0.6 is 0 Å². The van der Waals surface area contributed by atoms with Crippen molar-refractivity contribution < 1.29 is 9.90 Å². The molecule has 0 saturated carbocycles. The first-order valence-corrected chi connectivity index (χ1v) is 8.99. The molecule has 1 atom stereocenters. The fourth-order valence-corrected chi connectivity index (χ4v) is 3.14. The molecule has 0 bridgehead atoms. The molecule has 6 heteroatoms. The number of β-amino-alcohol motifs (C(OH)–C–C–N with tert-alkyl or cyclic N) is 1. The van der Waals surface area contributed by atoms with Gasteiger partial charge in [-0.25, -0.2) is 4.79 Å². The van der Waals surface area contributed by atoms with Gasteiger partial charge in [-0.15, -0.1) is 0 Å². The van der Waals surface area contributed by atoms with E-state index < -0.39 is 6.10 Å². The summed E-state index contributed by atoms with van der Waals surface area (Å²) in [4.78, 5) is 18.4. The van der Waals surface area contributed by atoms with Crippen LogP contribution < -0.4 is 5.32 Å². The Morgan fingerprint density at radius 1 is 1.28 bits per heavy atom. The fourth-order valence-electron chi connectivity index (χ4n) is 3.14. The molecule has 0 aliphatic carbocycles. The maximum atomic E-state index is 12.2. The summed E-state index contributed by atoms with van der Waals surface area (Å²) in [6.45, 7) is 9.56. The zero-order valence-corrected chi connectivity index (χ0v) is 16.0. The second-order valence-electron chi connectivity index (χ2n) is 7.23. The van der Waals surface area contributed by atoms with Crippen LogP contribution in [0.15, 0.2) is 18.2 Å². The van der Waals surface area contributed by atoms with Gasteiger partial charge in [-0.1, -0.05) is 23.8 Å². The number of urea groups is 1. The lowest BCUT2D eigenvalue weighted by molar-refractivity contribution is 0.0658. The molecule has 0 radical (unpaired) electrons. The number of aliphatic hydroxyl groups excluding tert-OH is 1. The third-order valence-corrected chi connectivity index (χ3v) is 4.82. The van der Waals surface area contributed by atoms with E-state index >= 15 is 0 Å².